The predicted molar refractivity (Wildman–Crippen MR) is 108 cm³/mol. The second-order valence-electron chi connectivity index (χ2n) is 6.30. The number of furan rings is 1. The lowest BCUT2D eigenvalue weighted by Crippen LogP contribution is -2.41. The molecule has 0 aliphatic rings. The second-order valence-corrected chi connectivity index (χ2v) is 7.98. The van der Waals surface area contributed by atoms with Gasteiger partial charge < -0.3 is 15.1 Å². The molecule has 10 heteroatoms. The average molecular weight is 431 g/mol. The molecule has 30 heavy (non-hydrogen) atoms. The van der Waals surface area contributed by atoms with Gasteiger partial charge in [0.25, 0.3) is 15.9 Å². The first-order valence-corrected chi connectivity index (χ1v) is 10.3. The third-order valence-corrected chi connectivity index (χ3v) is 5.41. The molecule has 0 fully saturated rings. The van der Waals surface area contributed by atoms with Crippen molar-refractivity contribution in [2.75, 3.05) is 10.0 Å². The molecule has 2 amide bonds. The molecule has 3 rings (SSSR count). The van der Waals surface area contributed by atoms with Crippen molar-refractivity contribution in [2.24, 2.45) is 0 Å². The number of benzene rings is 2. The highest BCUT2D eigenvalue weighted by atomic mass is 32.2. The van der Waals surface area contributed by atoms with Crippen LogP contribution in [0.4, 0.5) is 15.8 Å². The summed E-state index contributed by atoms with van der Waals surface area (Å²) in [7, 11) is -3.87. The van der Waals surface area contributed by atoms with Gasteiger partial charge in [0, 0.05) is 11.4 Å². The summed E-state index contributed by atoms with van der Waals surface area (Å²) in [5.74, 6) is -1.43. The smallest absolute Gasteiger partial charge is 0.287 e. The number of rotatable bonds is 7. The molecule has 0 aliphatic carbocycles. The third-order valence-electron chi connectivity index (χ3n) is 4.01. The third kappa shape index (κ3) is 5.23. The minimum Gasteiger partial charge on any atom is -0.459 e. The van der Waals surface area contributed by atoms with Crippen molar-refractivity contribution in [1.82, 2.24) is 5.32 Å². The van der Waals surface area contributed by atoms with Gasteiger partial charge in [0.1, 0.15) is 11.9 Å². The van der Waals surface area contributed by atoms with E-state index in [1.807, 2.05) is 0 Å². The molecule has 0 aliphatic heterocycles. The van der Waals surface area contributed by atoms with Crippen molar-refractivity contribution >= 4 is 33.2 Å². The van der Waals surface area contributed by atoms with Crippen molar-refractivity contribution in [3.63, 3.8) is 0 Å². The van der Waals surface area contributed by atoms with Gasteiger partial charge in [0.2, 0.25) is 5.91 Å². The number of amides is 2. The Labute approximate surface area is 172 Å². The summed E-state index contributed by atoms with van der Waals surface area (Å²) in [6.07, 6.45) is 1.35. The number of carbonyl (C=O) groups is 2. The normalized spacial score (nSPS) is 12.1. The highest BCUT2D eigenvalue weighted by Crippen LogP contribution is 2.19. The minimum atomic E-state index is -3.87. The Bertz CT molecular complexity index is 1130. The van der Waals surface area contributed by atoms with Crippen LogP contribution in [0, 0.1) is 5.82 Å². The summed E-state index contributed by atoms with van der Waals surface area (Å²) in [5, 5.41) is 5.12. The molecule has 1 heterocycles. The Morgan fingerprint density at radius 2 is 1.60 bits per heavy atom. The Hall–Kier alpha value is -3.66. The zero-order chi connectivity index (χ0) is 21.7. The van der Waals surface area contributed by atoms with E-state index in [1.165, 1.54) is 43.5 Å². The Balaban J connectivity index is 1.59. The highest BCUT2D eigenvalue weighted by molar-refractivity contribution is 7.92. The van der Waals surface area contributed by atoms with Crippen LogP contribution in [0.15, 0.2) is 76.2 Å². The van der Waals surface area contributed by atoms with E-state index in [9.17, 15) is 22.4 Å². The zero-order valence-corrected chi connectivity index (χ0v) is 16.6. The van der Waals surface area contributed by atoms with E-state index >= 15 is 0 Å². The number of carbonyl (C=O) groups excluding carboxylic acids is 2. The van der Waals surface area contributed by atoms with Crippen molar-refractivity contribution in [3.05, 3.63) is 78.5 Å². The molecule has 0 saturated heterocycles. The predicted octanol–water partition coefficient (Wildman–Crippen LogP) is 2.98. The van der Waals surface area contributed by atoms with Crippen molar-refractivity contribution in [2.45, 2.75) is 17.9 Å². The topological polar surface area (TPSA) is 118 Å². The molecule has 2 aromatic carbocycles. The number of halogens is 1. The molecule has 0 unspecified atom stereocenters. The van der Waals surface area contributed by atoms with Gasteiger partial charge in [0.15, 0.2) is 5.76 Å². The first-order valence-electron chi connectivity index (χ1n) is 8.78. The molecule has 1 atom stereocenters. The summed E-state index contributed by atoms with van der Waals surface area (Å²) in [6, 6.07) is 12.6. The van der Waals surface area contributed by atoms with Crippen LogP contribution < -0.4 is 15.4 Å². The van der Waals surface area contributed by atoms with E-state index in [-0.39, 0.29) is 16.3 Å². The first-order chi connectivity index (χ1) is 14.2. The molecule has 0 radical (unpaired) electrons. The lowest BCUT2D eigenvalue weighted by Gasteiger charge is -2.14. The fourth-order valence-electron chi connectivity index (χ4n) is 2.44. The van der Waals surface area contributed by atoms with E-state index in [0.717, 1.165) is 24.3 Å². The fraction of sp³-hybridized carbons (Fsp3) is 0.100. The minimum absolute atomic E-state index is 0.0811. The van der Waals surface area contributed by atoms with Gasteiger partial charge in [-0.1, -0.05) is 0 Å². The van der Waals surface area contributed by atoms with Crippen molar-refractivity contribution < 1.29 is 26.8 Å². The SMILES string of the molecule is C[C@@H](NC(=O)c1ccco1)C(=O)Nc1ccc(NS(=O)(=O)c2ccc(F)cc2)cc1. The maximum atomic E-state index is 13.0. The molecular formula is C20H18FN3O5S. The van der Waals surface area contributed by atoms with Gasteiger partial charge in [-0.2, -0.15) is 0 Å². The monoisotopic (exact) mass is 431 g/mol. The summed E-state index contributed by atoms with van der Waals surface area (Å²) in [6.45, 7) is 1.52. The van der Waals surface area contributed by atoms with E-state index in [4.69, 9.17) is 4.42 Å². The molecule has 3 aromatic rings. The van der Waals surface area contributed by atoms with Crippen molar-refractivity contribution in [3.8, 4) is 0 Å². The number of hydrogen-bond donors (Lipinski definition) is 3. The van der Waals surface area contributed by atoms with Crippen molar-refractivity contribution in [1.29, 1.82) is 0 Å². The Morgan fingerprint density at radius 1 is 0.967 bits per heavy atom. The van der Waals surface area contributed by atoms with Crippen LogP contribution in [0.25, 0.3) is 0 Å². The summed E-state index contributed by atoms with van der Waals surface area (Å²) in [4.78, 5) is 24.1. The molecule has 0 bridgehead atoms. The molecular weight excluding hydrogens is 413 g/mol. The molecule has 3 N–H and O–H groups in total. The van der Waals surface area contributed by atoms with Gasteiger partial charge in [0.05, 0.1) is 11.2 Å². The van der Waals surface area contributed by atoms with Crippen LogP contribution in [-0.2, 0) is 14.8 Å². The lowest BCUT2D eigenvalue weighted by molar-refractivity contribution is -0.117. The summed E-state index contributed by atoms with van der Waals surface area (Å²) in [5.41, 5.74) is 0.667. The van der Waals surface area contributed by atoms with Crippen LogP contribution >= 0.6 is 0 Å². The molecule has 8 nitrogen and oxygen atoms in total. The van der Waals surface area contributed by atoms with Gasteiger partial charge in [-0.25, -0.2) is 12.8 Å². The zero-order valence-electron chi connectivity index (χ0n) is 15.8. The largest absolute Gasteiger partial charge is 0.459 e. The maximum Gasteiger partial charge on any atom is 0.287 e. The molecule has 1 aromatic heterocycles. The highest BCUT2D eigenvalue weighted by Gasteiger charge is 2.18. The van der Waals surface area contributed by atoms with Crippen LogP contribution in [0.1, 0.15) is 17.5 Å². The number of anilines is 2. The Kier molecular flexibility index (Phi) is 6.17. The summed E-state index contributed by atoms with van der Waals surface area (Å²) < 4.78 is 44.9. The van der Waals surface area contributed by atoms with E-state index in [0.29, 0.717) is 5.69 Å². The van der Waals surface area contributed by atoms with E-state index in [2.05, 4.69) is 15.4 Å². The summed E-state index contributed by atoms with van der Waals surface area (Å²) >= 11 is 0. The second kappa shape index (κ2) is 8.78. The van der Waals surface area contributed by atoms with Crippen LogP contribution in [0.2, 0.25) is 0 Å². The molecule has 0 spiro atoms. The van der Waals surface area contributed by atoms with Gasteiger partial charge in [-0.15, -0.1) is 0 Å². The maximum absolute atomic E-state index is 13.0. The van der Waals surface area contributed by atoms with E-state index < -0.39 is 33.7 Å². The lowest BCUT2D eigenvalue weighted by atomic mass is 10.2. The first kappa shape index (κ1) is 21.1. The van der Waals surface area contributed by atoms with E-state index in [1.54, 1.807) is 6.07 Å². The molecule has 156 valence electrons. The van der Waals surface area contributed by atoms with Gasteiger partial charge in [-0.05, 0) is 67.6 Å². The average Bonchev–Trinajstić information content (AvgIpc) is 3.24. The number of nitrogens with one attached hydrogen (secondary N) is 3. The van der Waals surface area contributed by atoms with Gasteiger partial charge in [-0.3, -0.25) is 14.3 Å². The Morgan fingerprint density at radius 3 is 2.20 bits per heavy atom. The van der Waals surface area contributed by atoms with Crippen LogP contribution in [-0.4, -0.2) is 26.3 Å². The number of sulfonamides is 1. The van der Waals surface area contributed by atoms with Crippen LogP contribution in [0.5, 0.6) is 0 Å². The van der Waals surface area contributed by atoms with Gasteiger partial charge >= 0.3 is 0 Å². The quantitative estimate of drug-likeness (QED) is 0.532. The standard InChI is InChI=1S/C20H18FN3O5S/c1-13(22-20(26)18-3-2-12-29-18)19(25)23-15-6-8-16(9-7-15)24-30(27,28)17-10-4-14(21)5-11-17/h2-13,24H,1H3,(H,22,26)(H,23,25)/t13-/m1/s1. The fourth-order valence-corrected chi connectivity index (χ4v) is 3.50. The number of hydrogen-bond acceptors (Lipinski definition) is 5. The molecule has 0 saturated carbocycles. The van der Waals surface area contributed by atoms with Crippen LogP contribution in [0.3, 0.4) is 0 Å².